The minimum atomic E-state index is 0.0812. The van der Waals surface area contributed by atoms with Crippen LogP contribution in [-0.2, 0) is 0 Å². The molecule has 0 aliphatic rings. The summed E-state index contributed by atoms with van der Waals surface area (Å²) < 4.78 is 16.9. The molecule has 0 amide bonds. The molecule has 0 saturated heterocycles. The van der Waals surface area contributed by atoms with Crippen molar-refractivity contribution >= 4 is 0 Å². The van der Waals surface area contributed by atoms with Crippen molar-refractivity contribution < 1.29 is 24.4 Å². The Kier molecular flexibility index (Phi) is 7.26. The van der Waals surface area contributed by atoms with Gasteiger partial charge in [-0.05, 0) is 37.1 Å². The standard InChI is InChI=1S/C20H26O5/c1-3-5-11-23-19-13-15(7-9-17(19)21)25-16-8-10-18(22)20(14-16)24-12-6-4-2/h7-10,13-14,21-22H,3-6,11-12H2,1-2H3. The maximum atomic E-state index is 9.87. The summed E-state index contributed by atoms with van der Waals surface area (Å²) in [5.74, 6) is 2.02. The number of benzene rings is 2. The van der Waals surface area contributed by atoms with Crippen molar-refractivity contribution in [3.8, 4) is 34.5 Å². The van der Waals surface area contributed by atoms with Crippen molar-refractivity contribution in [3.63, 3.8) is 0 Å². The lowest BCUT2D eigenvalue weighted by Gasteiger charge is -2.12. The van der Waals surface area contributed by atoms with E-state index in [0.717, 1.165) is 25.7 Å². The molecule has 0 bridgehead atoms. The van der Waals surface area contributed by atoms with Gasteiger partial charge in [0.1, 0.15) is 11.5 Å². The fourth-order valence-electron chi connectivity index (χ4n) is 2.14. The third-order valence-corrected chi connectivity index (χ3v) is 3.61. The fourth-order valence-corrected chi connectivity index (χ4v) is 2.14. The Morgan fingerprint density at radius 1 is 0.720 bits per heavy atom. The molecule has 0 atom stereocenters. The average molecular weight is 346 g/mol. The second kappa shape index (κ2) is 9.67. The van der Waals surface area contributed by atoms with E-state index in [2.05, 4.69) is 13.8 Å². The first kappa shape index (κ1) is 18.8. The largest absolute Gasteiger partial charge is 0.504 e. The van der Waals surface area contributed by atoms with E-state index in [-0.39, 0.29) is 11.5 Å². The SMILES string of the molecule is CCCCOc1cc(Oc2ccc(O)c(OCCCC)c2)ccc1O. The highest BCUT2D eigenvalue weighted by Crippen LogP contribution is 2.36. The molecular formula is C20H26O5. The molecule has 2 aromatic carbocycles. The highest BCUT2D eigenvalue weighted by Gasteiger charge is 2.09. The number of phenolic OH excluding ortho intramolecular Hbond substituents is 2. The molecule has 2 aromatic rings. The predicted molar refractivity (Wildman–Crippen MR) is 97.1 cm³/mol. The number of aromatic hydroxyl groups is 2. The second-order valence-corrected chi connectivity index (χ2v) is 5.77. The molecule has 25 heavy (non-hydrogen) atoms. The van der Waals surface area contributed by atoms with Gasteiger partial charge in [0.05, 0.1) is 13.2 Å². The summed E-state index contributed by atoms with van der Waals surface area (Å²) in [6.07, 6.45) is 3.87. The van der Waals surface area contributed by atoms with Gasteiger partial charge in [0.15, 0.2) is 23.0 Å². The lowest BCUT2D eigenvalue weighted by molar-refractivity contribution is 0.289. The van der Waals surface area contributed by atoms with Gasteiger partial charge in [0.25, 0.3) is 0 Å². The summed E-state index contributed by atoms with van der Waals surface area (Å²) in [4.78, 5) is 0. The van der Waals surface area contributed by atoms with Gasteiger partial charge in [-0.2, -0.15) is 0 Å². The molecule has 0 saturated carbocycles. The highest BCUT2D eigenvalue weighted by molar-refractivity contribution is 5.48. The van der Waals surface area contributed by atoms with Crippen molar-refractivity contribution in [1.82, 2.24) is 0 Å². The normalized spacial score (nSPS) is 10.5. The minimum absolute atomic E-state index is 0.0812. The van der Waals surface area contributed by atoms with Gasteiger partial charge in [0, 0.05) is 12.1 Å². The van der Waals surface area contributed by atoms with Crippen LogP contribution < -0.4 is 14.2 Å². The molecule has 0 heterocycles. The second-order valence-electron chi connectivity index (χ2n) is 5.77. The average Bonchev–Trinajstić information content (AvgIpc) is 2.61. The summed E-state index contributed by atoms with van der Waals surface area (Å²) in [5.41, 5.74) is 0. The number of rotatable bonds is 10. The number of hydrogen-bond acceptors (Lipinski definition) is 5. The van der Waals surface area contributed by atoms with Crippen LogP contribution in [0.2, 0.25) is 0 Å². The van der Waals surface area contributed by atoms with Gasteiger partial charge in [-0.1, -0.05) is 26.7 Å². The van der Waals surface area contributed by atoms with Gasteiger partial charge < -0.3 is 24.4 Å². The number of ether oxygens (including phenoxy) is 3. The molecule has 0 fully saturated rings. The third kappa shape index (κ3) is 5.78. The van der Waals surface area contributed by atoms with Crippen LogP contribution in [0.25, 0.3) is 0 Å². The van der Waals surface area contributed by atoms with E-state index in [1.165, 1.54) is 12.1 Å². The van der Waals surface area contributed by atoms with Crippen LogP contribution in [0.4, 0.5) is 0 Å². The first-order valence-corrected chi connectivity index (χ1v) is 8.73. The zero-order chi connectivity index (χ0) is 18.1. The Hall–Kier alpha value is -2.56. The molecule has 0 spiro atoms. The molecule has 2 rings (SSSR count). The number of phenols is 2. The molecule has 5 heteroatoms. The van der Waals surface area contributed by atoms with Gasteiger partial charge in [-0.25, -0.2) is 0 Å². The molecule has 0 radical (unpaired) electrons. The van der Waals surface area contributed by atoms with Gasteiger partial charge in [0.2, 0.25) is 0 Å². The van der Waals surface area contributed by atoms with Crippen molar-refractivity contribution in [2.75, 3.05) is 13.2 Å². The topological polar surface area (TPSA) is 68.2 Å². The zero-order valence-electron chi connectivity index (χ0n) is 14.8. The highest BCUT2D eigenvalue weighted by atomic mass is 16.5. The Balaban J connectivity index is 2.08. The first-order valence-electron chi connectivity index (χ1n) is 8.73. The van der Waals surface area contributed by atoms with Crippen molar-refractivity contribution in [3.05, 3.63) is 36.4 Å². The molecule has 0 aromatic heterocycles. The molecule has 136 valence electrons. The van der Waals surface area contributed by atoms with Crippen LogP contribution in [0.1, 0.15) is 39.5 Å². The van der Waals surface area contributed by atoms with Crippen molar-refractivity contribution in [2.24, 2.45) is 0 Å². The lowest BCUT2D eigenvalue weighted by atomic mass is 10.2. The Labute approximate surface area is 148 Å². The Morgan fingerprint density at radius 2 is 1.16 bits per heavy atom. The first-order chi connectivity index (χ1) is 12.1. The molecule has 0 aliphatic heterocycles. The van der Waals surface area contributed by atoms with Crippen molar-refractivity contribution in [1.29, 1.82) is 0 Å². The number of hydrogen-bond donors (Lipinski definition) is 2. The Bertz CT molecular complexity index is 612. The molecule has 0 unspecified atom stereocenters. The quantitative estimate of drug-likeness (QED) is 0.575. The van der Waals surface area contributed by atoms with Gasteiger partial charge in [-0.3, -0.25) is 0 Å². The van der Waals surface area contributed by atoms with Crippen LogP contribution in [0, 0.1) is 0 Å². The third-order valence-electron chi connectivity index (χ3n) is 3.61. The molecule has 5 nitrogen and oxygen atoms in total. The van der Waals surface area contributed by atoms with E-state index >= 15 is 0 Å². The summed E-state index contributed by atoms with van der Waals surface area (Å²) >= 11 is 0. The lowest BCUT2D eigenvalue weighted by Crippen LogP contribution is -1.98. The summed E-state index contributed by atoms with van der Waals surface area (Å²) in [7, 11) is 0. The van der Waals surface area contributed by atoms with Gasteiger partial charge >= 0.3 is 0 Å². The summed E-state index contributed by atoms with van der Waals surface area (Å²) in [6, 6.07) is 9.69. The minimum Gasteiger partial charge on any atom is -0.504 e. The van der Waals surface area contributed by atoms with E-state index in [4.69, 9.17) is 14.2 Å². The van der Waals surface area contributed by atoms with Crippen LogP contribution in [0.15, 0.2) is 36.4 Å². The van der Waals surface area contributed by atoms with Crippen molar-refractivity contribution in [2.45, 2.75) is 39.5 Å². The number of unbranched alkanes of at least 4 members (excludes halogenated alkanes) is 2. The fraction of sp³-hybridized carbons (Fsp3) is 0.400. The maximum Gasteiger partial charge on any atom is 0.164 e. The van der Waals surface area contributed by atoms with E-state index in [1.807, 2.05) is 0 Å². The van der Waals surface area contributed by atoms with E-state index in [0.29, 0.717) is 36.2 Å². The monoisotopic (exact) mass is 346 g/mol. The molecule has 0 aliphatic carbocycles. The van der Waals surface area contributed by atoms with Crippen LogP contribution in [0.3, 0.4) is 0 Å². The van der Waals surface area contributed by atoms with E-state index < -0.39 is 0 Å². The van der Waals surface area contributed by atoms with Crippen LogP contribution >= 0.6 is 0 Å². The Morgan fingerprint density at radius 3 is 1.56 bits per heavy atom. The van der Waals surface area contributed by atoms with E-state index in [1.54, 1.807) is 24.3 Å². The molecule has 2 N–H and O–H groups in total. The zero-order valence-corrected chi connectivity index (χ0v) is 14.8. The summed E-state index contributed by atoms with van der Waals surface area (Å²) in [5, 5.41) is 19.7. The van der Waals surface area contributed by atoms with Gasteiger partial charge in [-0.15, -0.1) is 0 Å². The van der Waals surface area contributed by atoms with E-state index in [9.17, 15) is 10.2 Å². The van der Waals surface area contributed by atoms with Crippen LogP contribution in [0.5, 0.6) is 34.5 Å². The molecular weight excluding hydrogens is 320 g/mol. The summed E-state index contributed by atoms with van der Waals surface area (Å²) in [6.45, 7) is 5.24. The smallest absolute Gasteiger partial charge is 0.164 e. The predicted octanol–water partition coefficient (Wildman–Crippen LogP) is 5.25. The van der Waals surface area contributed by atoms with Crippen LogP contribution in [-0.4, -0.2) is 23.4 Å². The maximum absolute atomic E-state index is 9.87.